The second kappa shape index (κ2) is 13.6. The Labute approximate surface area is 254 Å². The number of nitrogens with zero attached hydrogens (tertiary/aromatic N) is 4. The zero-order valence-corrected chi connectivity index (χ0v) is 25.5. The van der Waals surface area contributed by atoms with E-state index in [0.29, 0.717) is 35.6 Å². The van der Waals surface area contributed by atoms with Gasteiger partial charge in [0.2, 0.25) is 5.96 Å². The fourth-order valence-electron chi connectivity index (χ4n) is 6.04. The van der Waals surface area contributed by atoms with Gasteiger partial charge in [-0.25, -0.2) is 9.98 Å². The van der Waals surface area contributed by atoms with Gasteiger partial charge in [0.25, 0.3) is 5.91 Å². The predicted molar refractivity (Wildman–Crippen MR) is 177 cm³/mol. The van der Waals surface area contributed by atoms with E-state index in [-0.39, 0.29) is 24.0 Å². The number of benzene rings is 2. The summed E-state index contributed by atoms with van der Waals surface area (Å²) in [7, 11) is 0. The molecule has 2 aromatic carbocycles. The highest BCUT2D eigenvalue weighted by molar-refractivity contribution is 6.35. The number of unbranched alkanes of at least 4 members (excludes halogenated alkanes) is 1. The van der Waals surface area contributed by atoms with Gasteiger partial charge in [-0.05, 0) is 74.1 Å². The van der Waals surface area contributed by atoms with E-state index in [1.54, 1.807) is 4.90 Å². The Bertz CT molecular complexity index is 1440. The number of carbonyl (C=O) groups excluding carboxylic acids is 1. The zero-order valence-electron chi connectivity index (χ0n) is 24.8. The van der Waals surface area contributed by atoms with Crippen molar-refractivity contribution in [3.8, 4) is 0 Å². The summed E-state index contributed by atoms with van der Waals surface area (Å²) >= 11 is 6.79. The molecule has 5 rings (SSSR count). The third-order valence-corrected chi connectivity index (χ3v) is 8.67. The Morgan fingerprint density at radius 1 is 1.14 bits per heavy atom. The van der Waals surface area contributed by atoms with Crippen LogP contribution in [0.15, 0.2) is 69.6 Å². The van der Waals surface area contributed by atoms with Crippen LogP contribution < -0.4 is 11.1 Å². The number of aliphatic imine (C=N–C) groups is 3. The number of fused-ring (bicyclic) bond motifs is 1. The molecule has 0 spiro atoms. The van der Waals surface area contributed by atoms with Crippen LogP contribution in [0.5, 0.6) is 0 Å². The number of guanidine groups is 1. The van der Waals surface area contributed by atoms with Crippen molar-refractivity contribution in [2.24, 2.45) is 26.6 Å². The van der Waals surface area contributed by atoms with Gasteiger partial charge in [-0.1, -0.05) is 67.8 Å². The molecular weight excluding hydrogens is 544 g/mol. The van der Waals surface area contributed by atoms with Crippen molar-refractivity contribution < 1.29 is 4.79 Å². The number of rotatable bonds is 10. The molecule has 7 nitrogen and oxygen atoms in total. The SMILES string of the molecule is CCCCC(CCN)c1ccc(NC2=NC3C(C=N2)C=C(c2ccc(C4=CCC=NC4C)cc2Cl)C(=O)N3CC)cc1. The lowest BCUT2D eigenvalue weighted by molar-refractivity contribution is -0.127. The summed E-state index contributed by atoms with van der Waals surface area (Å²) in [5.74, 6) is 0.752. The summed E-state index contributed by atoms with van der Waals surface area (Å²) < 4.78 is 0. The molecular formula is C34H41ClN6O. The number of anilines is 1. The molecule has 1 amide bonds. The van der Waals surface area contributed by atoms with Crippen molar-refractivity contribution in [2.45, 2.75) is 71.0 Å². The first-order valence-electron chi connectivity index (χ1n) is 15.2. The van der Waals surface area contributed by atoms with Crippen LogP contribution >= 0.6 is 11.6 Å². The van der Waals surface area contributed by atoms with Crippen molar-refractivity contribution in [3.63, 3.8) is 0 Å². The van der Waals surface area contributed by atoms with Crippen LogP contribution in [0.25, 0.3) is 11.1 Å². The van der Waals surface area contributed by atoms with Crippen molar-refractivity contribution in [3.05, 3.63) is 76.3 Å². The summed E-state index contributed by atoms with van der Waals surface area (Å²) in [6.45, 7) is 7.48. The number of halogens is 1. The average Bonchev–Trinajstić information content (AvgIpc) is 3.00. The minimum atomic E-state index is -0.363. The third-order valence-electron chi connectivity index (χ3n) is 8.35. The molecule has 0 saturated carbocycles. The van der Waals surface area contributed by atoms with Gasteiger partial charge in [0, 0.05) is 47.2 Å². The molecule has 0 fully saturated rings. The molecule has 0 radical (unpaired) electrons. The molecule has 3 aliphatic heterocycles. The average molecular weight is 585 g/mol. The van der Waals surface area contributed by atoms with E-state index in [9.17, 15) is 4.79 Å². The Morgan fingerprint density at radius 2 is 1.95 bits per heavy atom. The van der Waals surface area contributed by atoms with E-state index >= 15 is 0 Å². The maximum Gasteiger partial charge on any atom is 0.255 e. The Morgan fingerprint density at radius 3 is 2.64 bits per heavy atom. The minimum absolute atomic E-state index is 0.0796. The minimum Gasteiger partial charge on any atom is -0.330 e. The monoisotopic (exact) mass is 584 g/mol. The highest BCUT2D eigenvalue weighted by Gasteiger charge is 2.37. The number of nitrogens with one attached hydrogen (secondary N) is 1. The predicted octanol–water partition coefficient (Wildman–Crippen LogP) is 6.95. The van der Waals surface area contributed by atoms with E-state index in [0.717, 1.165) is 41.6 Å². The van der Waals surface area contributed by atoms with Gasteiger partial charge in [0.1, 0.15) is 6.17 Å². The third kappa shape index (κ3) is 6.42. The van der Waals surface area contributed by atoms with Gasteiger partial charge in [-0.2, -0.15) is 0 Å². The summed E-state index contributed by atoms with van der Waals surface area (Å²) in [4.78, 5) is 29.5. The van der Waals surface area contributed by atoms with Gasteiger partial charge in [0.05, 0.1) is 12.0 Å². The second-order valence-corrected chi connectivity index (χ2v) is 11.6. The number of nitrogens with two attached hydrogens (primary N) is 1. The second-order valence-electron chi connectivity index (χ2n) is 11.2. The molecule has 0 saturated heterocycles. The van der Waals surface area contributed by atoms with E-state index in [2.05, 4.69) is 59.5 Å². The van der Waals surface area contributed by atoms with Crippen molar-refractivity contribution in [1.29, 1.82) is 0 Å². The Kier molecular flexibility index (Phi) is 9.70. The number of hydrogen-bond acceptors (Lipinski definition) is 6. The Balaban J connectivity index is 1.33. The normalized spacial score (nSPS) is 22.3. The topological polar surface area (TPSA) is 95.4 Å². The fraction of sp³-hybridized carbons (Fsp3) is 0.412. The van der Waals surface area contributed by atoms with Gasteiger partial charge >= 0.3 is 0 Å². The molecule has 4 atom stereocenters. The van der Waals surface area contributed by atoms with Crippen molar-refractivity contribution in [2.75, 3.05) is 18.4 Å². The molecule has 42 heavy (non-hydrogen) atoms. The van der Waals surface area contributed by atoms with E-state index in [1.165, 1.54) is 18.4 Å². The smallest absolute Gasteiger partial charge is 0.255 e. The first kappa shape index (κ1) is 29.9. The molecule has 0 bridgehead atoms. The van der Waals surface area contributed by atoms with Crippen LogP contribution in [0.3, 0.4) is 0 Å². The number of amides is 1. The molecule has 0 aromatic heterocycles. The lowest BCUT2D eigenvalue weighted by Crippen LogP contribution is -2.49. The van der Waals surface area contributed by atoms with Crippen LogP contribution in [0, 0.1) is 5.92 Å². The number of dihydropyridines is 1. The summed E-state index contributed by atoms with van der Waals surface area (Å²) in [6, 6.07) is 14.5. The van der Waals surface area contributed by atoms with E-state index in [4.69, 9.17) is 22.3 Å². The largest absolute Gasteiger partial charge is 0.330 e. The maximum atomic E-state index is 13.7. The summed E-state index contributed by atoms with van der Waals surface area (Å²) in [6.07, 6.45) is 12.9. The number of likely N-dealkylation sites (N-methyl/N-ethyl adjacent to an activating group) is 1. The summed E-state index contributed by atoms with van der Waals surface area (Å²) in [5.41, 5.74) is 11.6. The Hall–Kier alpha value is -3.55. The van der Waals surface area contributed by atoms with Gasteiger partial charge in [0.15, 0.2) is 0 Å². The fourth-order valence-corrected chi connectivity index (χ4v) is 6.32. The first-order chi connectivity index (χ1) is 20.4. The lowest BCUT2D eigenvalue weighted by atomic mass is 9.90. The number of carbonyl (C=O) groups is 1. The van der Waals surface area contributed by atoms with Crippen molar-refractivity contribution >= 4 is 52.7 Å². The van der Waals surface area contributed by atoms with Crippen molar-refractivity contribution in [1.82, 2.24) is 4.90 Å². The van der Waals surface area contributed by atoms with Crippen LogP contribution in [0.2, 0.25) is 5.02 Å². The molecule has 8 heteroatoms. The summed E-state index contributed by atoms with van der Waals surface area (Å²) in [5, 5.41) is 3.89. The van der Waals surface area contributed by atoms with Crippen LogP contribution in [0.1, 0.15) is 75.5 Å². The molecule has 3 aliphatic rings. The maximum absolute atomic E-state index is 13.7. The molecule has 2 aromatic rings. The molecule has 3 N–H and O–H groups in total. The molecule has 4 unspecified atom stereocenters. The van der Waals surface area contributed by atoms with E-state index < -0.39 is 0 Å². The van der Waals surface area contributed by atoms with Gasteiger partial charge in [-0.15, -0.1) is 0 Å². The quantitative estimate of drug-likeness (QED) is 0.316. The zero-order chi connectivity index (χ0) is 29.6. The molecule has 3 heterocycles. The van der Waals surface area contributed by atoms with Crippen LogP contribution in [-0.2, 0) is 4.79 Å². The highest BCUT2D eigenvalue weighted by atomic mass is 35.5. The van der Waals surface area contributed by atoms with Gasteiger partial charge in [-0.3, -0.25) is 9.79 Å². The van der Waals surface area contributed by atoms with E-state index in [1.807, 2.05) is 43.6 Å². The standard InChI is InChI=1S/C34H41ClN6O/c1-4-6-8-23(16-17-36)24-10-13-27(14-11-24)39-34-38-21-26-19-30(33(42)41(5-2)32(26)40-34)29-15-12-25(20-31(29)35)28-9-7-18-37-22(28)3/h9-15,18-23,26,32H,4-8,16-17,36H2,1-3H3,(H,39,40). The van der Waals surface area contributed by atoms with Gasteiger partial charge < -0.3 is 16.0 Å². The number of allylic oxidation sites excluding steroid dienone is 1. The molecule has 0 aliphatic carbocycles. The highest BCUT2D eigenvalue weighted by Crippen LogP contribution is 2.36. The van der Waals surface area contributed by atoms with Crippen LogP contribution in [-0.4, -0.2) is 54.5 Å². The number of hydrogen-bond donors (Lipinski definition) is 2. The molecule has 220 valence electrons. The first-order valence-corrected chi connectivity index (χ1v) is 15.5. The van der Waals surface area contributed by atoms with Crippen LogP contribution in [0.4, 0.5) is 5.69 Å². The lowest BCUT2D eigenvalue weighted by Gasteiger charge is -2.37.